The Labute approximate surface area is 171 Å². The van der Waals surface area contributed by atoms with Gasteiger partial charge in [-0.2, -0.15) is 0 Å². The Kier molecular flexibility index (Phi) is 5.22. The van der Waals surface area contributed by atoms with Crippen molar-refractivity contribution >= 4 is 21.6 Å². The van der Waals surface area contributed by atoms with Crippen molar-refractivity contribution in [2.75, 3.05) is 11.4 Å². The second-order valence-electron chi connectivity index (χ2n) is 7.17. The van der Waals surface area contributed by atoms with E-state index in [9.17, 15) is 13.2 Å². The van der Waals surface area contributed by atoms with Gasteiger partial charge < -0.3 is 4.90 Å². The summed E-state index contributed by atoms with van der Waals surface area (Å²) in [5.41, 5.74) is 4.61. The van der Waals surface area contributed by atoms with Crippen LogP contribution in [0.25, 0.3) is 0 Å². The van der Waals surface area contributed by atoms with E-state index >= 15 is 0 Å². The van der Waals surface area contributed by atoms with Crippen molar-refractivity contribution in [3.05, 3.63) is 95.1 Å². The zero-order valence-electron chi connectivity index (χ0n) is 16.1. The van der Waals surface area contributed by atoms with Crippen LogP contribution in [-0.2, 0) is 23.0 Å². The van der Waals surface area contributed by atoms with Crippen LogP contribution in [0.5, 0.6) is 0 Å². The lowest BCUT2D eigenvalue weighted by atomic mass is 10.1. The van der Waals surface area contributed by atoms with Gasteiger partial charge in [-0.15, -0.1) is 0 Å². The fourth-order valence-corrected chi connectivity index (χ4v) is 4.53. The smallest absolute Gasteiger partial charge is 0.258 e. The molecule has 0 aliphatic carbocycles. The lowest BCUT2D eigenvalue weighted by molar-refractivity contribution is 0.0989. The first-order chi connectivity index (χ1) is 13.9. The summed E-state index contributed by atoms with van der Waals surface area (Å²) in [5.74, 6) is -0.0127. The predicted molar refractivity (Wildman–Crippen MR) is 113 cm³/mol. The van der Waals surface area contributed by atoms with Crippen molar-refractivity contribution in [1.29, 1.82) is 0 Å². The van der Waals surface area contributed by atoms with E-state index in [2.05, 4.69) is 4.72 Å². The van der Waals surface area contributed by atoms with Crippen molar-refractivity contribution in [2.45, 2.75) is 24.8 Å². The number of amides is 1. The zero-order chi connectivity index (χ0) is 20.4. The highest BCUT2D eigenvalue weighted by molar-refractivity contribution is 7.89. The summed E-state index contributed by atoms with van der Waals surface area (Å²) in [5, 5.41) is 0. The number of nitrogens with zero attached hydrogens (tertiary/aromatic N) is 1. The fourth-order valence-electron chi connectivity index (χ4n) is 3.49. The molecule has 1 amide bonds. The first-order valence-corrected chi connectivity index (χ1v) is 11.0. The predicted octanol–water partition coefficient (Wildman–Crippen LogP) is 3.68. The van der Waals surface area contributed by atoms with Crippen LogP contribution in [0.4, 0.5) is 5.69 Å². The third-order valence-electron chi connectivity index (χ3n) is 5.10. The van der Waals surface area contributed by atoms with Gasteiger partial charge >= 0.3 is 0 Å². The Morgan fingerprint density at radius 2 is 1.72 bits per heavy atom. The highest BCUT2D eigenvalue weighted by atomic mass is 32.2. The van der Waals surface area contributed by atoms with Gasteiger partial charge in [0.1, 0.15) is 0 Å². The van der Waals surface area contributed by atoms with Crippen molar-refractivity contribution in [2.24, 2.45) is 0 Å². The monoisotopic (exact) mass is 406 g/mol. The number of carbonyl (C=O) groups is 1. The van der Waals surface area contributed by atoms with Crippen LogP contribution < -0.4 is 9.62 Å². The second kappa shape index (κ2) is 7.81. The van der Waals surface area contributed by atoms with Gasteiger partial charge in [0.2, 0.25) is 10.0 Å². The summed E-state index contributed by atoms with van der Waals surface area (Å²) in [6, 6.07) is 21.6. The quantitative estimate of drug-likeness (QED) is 0.703. The molecule has 6 heteroatoms. The number of hydrogen-bond donors (Lipinski definition) is 1. The van der Waals surface area contributed by atoms with Crippen molar-refractivity contribution < 1.29 is 13.2 Å². The average molecular weight is 407 g/mol. The van der Waals surface area contributed by atoms with E-state index in [1.165, 1.54) is 0 Å². The minimum atomic E-state index is -3.55. The number of nitrogens with one attached hydrogen (secondary N) is 1. The first-order valence-electron chi connectivity index (χ1n) is 9.49. The molecular weight excluding hydrogens is 384 g/mol. The lowest BCUT2D eigenvalue weighted by Crippen LogP contribution is -2.28. The largest absolute Gasteiger partial charge is 0.308 e. The number of hydrogen-bond acceptors (Lipinski definition) is 3. The first kappa shape index (κ1) is 19.4. The number of benzene rings is 3. The van der Waals surface area contributed by atoms with Gasteiger partial charge in [0.05, 0.1) is 4.90 Å². The summed E-state index contributed by atoms with van der Waals surface area (Å²) in [6.45, 7) is 2.82. The molecule has 3 aromatic rings. The standard InChI is InChI=1S/C23H22N2O3S/c1-17-7-10-19(11-8-17)23(26)25-14-13-20-15-18(9-12-22(20)25)16-24-29(27,28)21-5-3-2-4-6-21/h2-12,15,24H,13-14,16H2,1H3. The number of rotatable bonds is 5. The van der Waals surface area contributed by atoms with Crippen LogP contribution in [-0.4, -0.2) is 20.9 Å². The van der Waals surface area contributed by atoms with Crippen LogP contribution >= 0.6 is 0 Å². The number of carbonyl (C=O) groups excluding carboxylic acids is 1. The number of fused-ring (bicyclic) bond motifs is 1. The van der Waals surface area contributed by atoms with Crippen LogP contribution in [0, 0.1) is 6.92 Å². The van der Waals surface area contributed by atoms with Crippen molar-refractivity contribution in [3.8, 4) is 0 Å². The molecule has 0 spiro atoms. The third-order valence-corrected chi connectivity index (χ3v) is 6.52. The van der Waals surface area contributed by atoms with Gasteiger partial charge in [0, 0.05) is 24.3 Å². The second-order valence-corrected chi connectivity index (χ2v) is 8.94. The van der Waals surface area contributed by atoms with Gasteiger partial charge in [-0.05, 0) is 54.8 Å². The van der Waals surface area contributed by atoms with E-state index in [-0.39, 0.29) is 17.3 Å². The molecule has 1 N–H and O–H groups in total. The van der Waals surface area contributed by atoms with E-state index in [1.54, 1.807) is 35.2 Å². The zero-order valence-corrected chi connectivity index (χ0v) is 16.9. The number of aryl methyl sites for hydroxylation is 1. The fraction of sp³-hybridized carbons (Fsp3) is 0.174. The molecule has 0 atom stereocenters. The summed E-state index contributed by atoms with van der Waals surface area (Å²) in [4.78, 5) is 14.9. The highest BCUT2D eigenvalue weighted by Crippen LogP contribution is 2.30. The summed E-state index contributed by atoms with van der Waals surface area (Å²) in [7, 11) is -3.55. The van der Waals surface area contributed by atoms with E-state index in [0.29, 0.717) is 12.1 Å². The molecule has 3 aromatic carbocycles. The normalized spacial score (nSPS) is 13.3. The maximum atomic E-state index is 12.9. The molecule has 0 saturated heterocycles. The summed E-state index contributed by atoms with van der Waals surface area (Å²) < 4.78 is 27.4. The van der Waals surface area contributed by atoms with Gasteiger partial charge in [-0.25, -0.2) is 13.1 Å². The molecule has 1 heterocycles. The Morgan fingerprint density at radius 3 is 2.45 bits per heavy atom. The SMILES string of the molecule is Cc1ccc(C(=O)N2CCc3cc(CNS(=O)(=O)c4ccccc4)ccc32)cc1. The molecule has 0 aromatic heterocycles. The Hall–Kier alpha value is -2.96. The maximum Gasteiger partial charge on any atom is 0.258 e. The van der Waals surface area contributed by atoms with Gasteiger partial charge in [-0.3, -0.25) is 4.79 Å². The lowest BCUT2D eigenvalue weighted by Gasteiger charge is -2.18. The van der Waals surface area contributed by atoms with Crippen LogP contribution in [0.15, 0.2) is 77.7 Å². The molecule has 4 rings (SSSR count). The Morgan fingerprint density at radius 1 is 1.00 bits per heavy atom. The average Bonchev–Trinajstić information content (AvgIpc) is 3.16. The maximum absolute atomic E-state index is 12.9. The van der Waals surface area contributed by atoms with Crippen LogP contribution in [0.1, 0.15) is 27.0 Å². The van der Waals surface area contributed by atoms with Crippen LogP contribution in [0.2, 0.25) is 0 Å². The Balaban J connectivity index is 1.49. The van der Waals surface area contributed by atoms with Crippen molar-refractivity contribution in [3.63, 3.8) is 0 Å². The number of sulfonamides is 1. The summed E-state index contributed by atoms with van der Waals surface area (Å²) in [6.07, 6.45) is 0.756. The van der Waals surface area contributed by atoms with Crippen LogP contribution in [0.3, 0.4) is 0 Å². The molecule has 5 nitrogen and oxygen atoms in total. The summed E-state index contributed by atoms with van der Waals surface area (Å²) >= 11 is 0. The third kappa shape index (κ3) is 4.09. The Bertz CT molecular complexity index is 1140. The van der Waals surface area contributed by atoms with E-state index < -0.39 is 10.0 Å². The molecule has 148 valence electrons. The minimum Gasteiger partial charge on any atom is -0.308 e. The molecular formula is C23H22N2O3S. The molecule has 0 radical (unpaired) electrons. The molecule has 0 saturated carbocycles. The molecule has 29 heavy (non-hydrogen) atoms. The molecule has 0 bridgehead atoms. The number of anilines is 1. The van der Waals surface area contributed by atoms with E-state index in [1.807, 2.05) is 49.4 Å². The molecule has 1 aliphatic heterocycles. The highest BCUT2D eigenvalue weighted by Gasteiger charge is 2.25. The van der Waals surface area contributed by atoms with Crippen molar-refractivity contribution in [1.82, 2.24) is 4.72 Å². The minimum absolute atomic E-state index is 0.0127. The van der Waals surface area contributed by atoms with Gasteiger partial charge in [0.25, 0.3) is 5.91 Å². The molecule has 0 unspecified atom stereocenters. The topological polar surface area (TPSA) is 66.5 Å². The molecule has 1 aliphatic rings. The van der Waals surface area contributed by atoms with E-state index in [0.717, 1.165) is 28.8 Å². The van der Waals surface area contributed by atoms with Gasteiger partial charge in [-0.1, -0.05) is 48.0 Å². The molecule has 0 fully saturated rings. The van der Waals surface area contributed by atoms with E-state index in [4.69, 9.17) is 0 Å². The van der Waals surface area contributed by atoms with Gasteiger partial charge in [0.15, 0.2) is 0 Å².